The summed E-state index contributed by atoms with van der Waals surface area (Å²) in [6, 6.07) is 0. The normalized spacial score (nSPS) is 27.2. The molecule has 0 radical (unpaired) electrons. The highest BCUT2D eigenvalue weighted by Crippen LogP contribution is 2.39. The molecule has 1 aliphatic carbocycles. The minimum absolute atomic E-state index is 0.130. The number of alkyl halides is 1. The Labute approximate surface area is 169 Å². The summed E-state index contributed by atoms with van der Waals surface area (Å²) in [5, 5.41) is 20.8. The van der Waals surface area contributed by atoms with E-state index in [4.69, 9.17) is 0 Å². The van der Waals surface area contributed by atoms with Gasteiger partial charge in [-0.3, -0.25) is 0 Å². The van der Waals surface area contributed by atoms with Crippen molar-refractivity contribution >= 4 is 5.97 Å². The quantitative estimate of drug-likeness (QED) is 0.306. The third-order valence-corrected chi connectivity index (χ3v) is 5.66. The molecule has 0 aromatic rings. The van der Waals surface area contributed by atoms with Crippen LogP contribution in [0, 0.1) is 17.3 Å². The number of carbonyl (C=O) groups excluding carboxylic acids is 1. The Bertz CT molecular complexity index is 553. The molecule has 0 unspecified atom stereocenters. The first-order valence-corrected chi connectivity index (χ1v) is 10.3. The summed E-state index contributed by atoms with van der Waals surface area (Å²) in [7, 11) is 1.32. The number of allylic oxidation sites excluding steroid dienone is 3. The summed E-state index contributed by atoms with van der Waals surface area (Å²) < 4.78 is 18.9. The molecule has 0 bridgehead atoms. The average molecular weight is 397 g/mol. The highest BCUT2D eigenvalue weighted by atomic mass is 19.1. The fourth-order valence-corrected chi connectivity index (χ4v) is 3.60. The van der Waals surface area contributed by atoms with Crippen LogP contribution in [0.3, 0.4) is 0 Å². The number of hydrogen-bond acceptors (Lipinski definition) is 4. The van der Waals surface area contributed by atoms with Crippen molar-refractivity contribution in [1.82, 2.24) is 0 Å². The first-order valence-electron chi connectivity index (χ1n) is 10.3. The summed E-state index contributed by atoms with van der Waals surface area (Å²) in [4.78, 5) is 11.0. The Hall–Kier alpha value is -1.46. The van der Waals surface area contributed by atoms with Crippen LogP contribution in [0.4, 0.5) is 4.39 Å². The van der Waals surface area contributed by atoms with Gasteiger partial charge >= 0.3 is 5.97 Å². The van der Waals surface area contributed by atoms with Gasteiger partial charge in [-0.05, 0) is 24.7 Å². The maximum atomic E-state index is 14.4. The van der Waals surface area contributed by atoms with Gasteiger partial charge in [0.15, 0.2) is 0 Å². The lowest BCUT2D eigenvalue weighted by atomic mass is 9.80. The topological polar surface area (TPSA) is 66.8 Å². The molecule has 0 saturated heterocycles. The van der Waals surface area contributed by atoms with Crippen molar-refractivity contribution < 1.29 is 24.1 Å². The van der Waals surface area contributed by atoms with Crippen molar-refractivity contribution in [2.24, 2.45) is 17.3 Å². The Morgan fingerprint density at radius 3 is 2.68 bits per heavy atom. The molecule has 1 fully saturated rings. The number of carbonyl (C=O) groups is 1. The smallest absolute Gasteiger partial charge is 0.330 e. The molecule has 0 aliphatic heterocycles. The van der Waals surface area contributed by atoms with E-state index in [1.807, 2.05) is 26.0 Å². The molecule has 0 amide bonds. The van der Waals surface area contributed by atoms with Crippen molar-refractivity contribution in [2.45, 2.75) is 77.7 Å². The van der Waals surface area contributed by atoms with E-state index in [1.54, 1.807) is 18.2 Å². The SMILES string of the molecule is CCCCC(C)(C)[C@H](O)C=C[C@@H]1[C@@H](CC=CCC=CC(=O)OC)[C@H](F)C[C@H]1O. The van der Waals surface area contributed by atoms with Crippen molar-refractivity contribution in [3.8, 4) is 0 Å². The predicted molar refractivity (Wildman–Crippen MR) is 110 cm³/mol. The number of hydrogen-bond donors (Lipinski definition) is 2. The largest absolute Gasteiger partial charge is 0.466 e. The Balaban J connectivity index is 2.65. The van der Waals surface area contributed by atoms with Gasteiger partial charge in [-0.2, -0.15) is 0 Å². The van der Waals surface area contributed by atoms with Gasteiger partial charge in [-0.1, -0.05) is 64.0 Å². The highest BCUT2D eigenvalue weighted by molar-refractivity contribution is 5.81. The number of unbranched alkanes of at least 4 members (excludes halogenated alkanes) is 1. The minimum Gasteiger partial charge on any atom is -0.466 e. The van der Waals surface area contributed by atoms with E-state index in [2.05, 4.69) is 11.7 Å². The molecule has 0 heterocycles. The van der Waals surface area contributed by atoms with Crippen LogP contribution in [0.5, 0.6) is 0 Å². The number of methoxy groups -OCH3 is 1. The summed E-state index contributed by atoms with van der Waals surface area (Å²) in [6.45, 7) is 6.18. The van der Waals surface area contributed by atoms with Crippen molar-refractivity contribution in [2.75, 3.05) is 7.11 Å². The molecule has 1 aliphatic rings. The number of rotatable bonds is 11. The summed E-state index contributed by atoms with van der Waals surface area (Å²) in [5.41, 5.74) is -0.243. The van der Waals surface area contributed by atoms with E-state index in [0.717, 1.165) is 19.3 Å². The zero-order valence-corrected chi connectivity index (χ0v) is 17.7. The van der Waals surface area contributed by atoms with Crippen LogP contribution in [-0.2, 0) is 9.53 Å². The lowest BCUT2D eigenvalue weighted by Gasteiger charge is -2.29. The van der Waals surface area contributed by atoms with Gasteiger partial charge in [0.2, 0.25) is 0 Å². The lowest BCUT2D eigenvalue weighted by Crippen LogP contribution is -2.28. The molecular formula is C23H37FO4. The van der Waals surface area contributed by atoms with E-state index in [1.165, 1.54) is 13.2 Å². The van der Waals surface area contributed by atoms with Crippen molar-refractivity contribution in [1.29, 1.82) is 0 Å². The first-order chi connectivity index (χ1) is 13.2. The van der Waals surface area contributed by atoms with Gasteiger partial charge in [-0.15, -0.1) is 0 Å². The zero-order chi connectivity index (χ0) is 21.2. The van der Waals surface area contributed by atoms with Crippen LogP contribution in [0.1, 0.15) is 59.3 Å². The second-order valence-electron chi connectivity index (χ2n) is 8.35. The fraction of sp³-hybridized carbons (Fsp3) is 0.696. The van der Waals surface area contributed by atoms with E-state index < -0.39 is 24.3 Å². The van der Waals surface area contributed by atoms with E-state index in [9.17, 15) is 19.4 Å². The molecule has 28 heavy (non-hydrogen) atoms. The lowest BCUT2D eigenvalue weighted by molar-refractivity contribution is -0.134. The van der Waals surface area contributed by atoms with Crippen molar-refractivity contribution in [3.63, 3.8) is 0 Å². The van der Waals surface area contributed by atoms with E-state index in [0.29, 0.717) is 12.8 Å². The Kier molecular flexibility index (Phi) is 10.7. The second-order valence-corrected chi connectivity index (χ2v) is 8.35. The molecule has 1 saturated carbocycles. The number of halogens is 1. The molecule has 0 aromatic heterocycles. The second kappa shape index (κ2) is 12.2. The van der Waals surface area contributed by atoms with Gasteiger partial charge in [0.1, 0.15) is 6.17 Å². The molecule has 5 heteroatoms. The number of aliphatic hydroxyl groups excluding tert-OH is 2. The van der Waals surface area contributed by atoms with Crippen LogP contribution in [0.25, 0.3) is 0 Å². The molecule has 4 nitrogen and oxygen atoms in total. The van der Waals surface area contributed by atoms with Crippen LogP contribution < -0.4 is 0 Å². The van der Waals surface area contributed by atoms with Crippen LogP contribution in [0.15, 0.2) is 36.5 Å². The molecule has 2 N–H and O–H groups in total. The van der Waals surface area contributed by atoms with Gasteiger partial charge in [0.05, 0.1) is 19.3 Å². The molecular weight excluding hydrogens is 359 g/mol. The fourth-order valence-electron chi connectivity index (χ4n) is 3.60. The summed E-state index contributed by atoms with van der Waals surface area (Å²) >= 11 is 0. The summed E-state index contributed by atoms with van der Waals surface area (Å²) in [6.07, 6.45) is 12.2. The van der Waals surface area contributed by atoms with Crippen molar-refractivity contribution in [3.05, 3.63) is 36.5 Å². The van der Waals surface area contributed by atoms with Crippen LogP contribution >= 0.6 is 0 Å². The third-order valence-electron chi connectivity index (χ3n) is 5.66. The van der Waals surface area contributed by atoms with E-state index in [-0.39, 0.29) is 23.7 Å². The zero-order valence-electron chi connectivity index (χ0n) is 17.7. The standard InChI is InChI=1S/C23H37FO4/c1-5-6-15-23(2,3)21(26)14-13-18-17(19(24)16-20(18)25)11-9-7-8-10-12-22(27)28-4/h7,9-10,12-14,17-21,25-26H,5-6,8,11,15-16H2,1-4H3/t17-,18-,19-,20-,21-/m1/s1. The molecule has 160 valence electrons. The van der Waals surface area contributed by atoms with E-state index >= 15 is 0 Å². The number of aliphatic hydroxyl groups is 2. The Morgan fingerprint density at radius 1 is 1.32 bits per heavy atom. The Morgan fingerprint density at radius 2 is 2.04 bits per heavy atom. The highest BCUT2D eigenvalue weighted by Gasteiger charge is 2.41. The van der Waals surface area contributed by atoms with Crippen LogP contribution in [-0.4, -0.2) is 41.7 Å². The van der Waals surface area contributed by atoms with Gasteiger partial charge in [0, 0.05) is 24.3 Å². The van der Waals surface area contributed by atoms with Crippen LogP contribution in [0.2, 0.25) is 0 Å². The minimum atomic E-state index is -1.06. The molecule has 5 atom stereocenters. The first kappa shape index (κ1) is 24.6. The molecule has 0 spiro atoms. The summed E-state index contributed by atoms with van der Waals surface area (Å²) in [5.74, 6) is -1.01. The molecule has 0 aromatic carbocycles. The predicted octanol–water partition coefficient (Wildman–Crippen LogP) is 4.52. The van der Waals surface area contributed by atoms with Gasteiger partial charge in [0.25, 0.3) is 0 Å². The van der Waals surface area contributed by atoms with Gasteiger partial charge < -0.3 is 14.9 Å². The monoisotopic (exact) mass is 396 g/mol. The average Bonchev–Trinajstić information content (AvgIpc) is 2.93. The number of ether oxygens (including phenoxy) is 1. The third kappa shape index (κ3) is 7.88. The number of esters is 1. The molecule has 1 rings (SSSR count). The maximum absolute atomic E-state index is 14.4. The van der Waals surface area contributed by atoms with Gasteiger partial charge in [-0.25, -0.2) is 9.18 Å². The maximum Gasteiger partial charge on any atom is 0.330 e.